The van der Waals surface area contributed by atoms with Gasteiger partial charge < -0.3 is 10.2 Å². The maximum absolute atomic E-state index is 11.1. The molecule has 0 aliphatic rings. The molecule has 0 fully saturated rings. The summed E-state index contributed by atoms with van der Waals surface area (Å²) in [7, 11) is 0. The average molecular weight is 497 g/mol. The summed E-state index contributed by atoms with van der Waals surface area (Å²) < 4.78 is 0. The van der Waals surface area contributed by atoms with Crippen molar-refractivity contribution in [2.45, 2.75) is 155 Å². The number of hydrogen-bond donors (Lipinski definition) is 2. The minimum atomic E-state index is -0.0332. The SMILES string of the molecule is CCC(C)(C)CC(C)(CC)C(CO)CC(C)(CC)C(CO)C(CC)(CC)C(C)(C)CC(C)(C)CC. The van der Waals surface area contributed by atoms with Crippen LogP contribution in [-0.4, -0.2) is 23.4 Å². The van der Waals surface area contributed by atoms with Gasteiger partial charge in [-0.25, -0.2) is 0 Å². The van der Waals surface area contributed by atoms with Crippen LogP contribution in [0.4, 0.5) is 0 Å². The molecule has 0 bridgehead atoms. The van der Waals surface area contributed by atoms with E-state index in [2.05, 4.69) is 96.9 Å². The first kappa shape index (κ1) is 34.9. The van der Waals surface area contributed by atoms with Crippen LogP contribution < -0.4 is 0 Å². The Labute approximate surface area is 222 Å². The first-order chi connectivity index (χ1) is 15.9. The smallest absolute Gasteiger partial charge is 0.0469 e. The predicted molar refractivity (Wildman–Crippen MR) is 157 cm³/mol. The molecule has 4 atom stereocenters. The Morgan fingerprint density at radius 2 is 0.943 bits per heavy atom. The second kappa shape index (κ2) is 13.1. The molecular weight excluding hydrogens is 428 g/mol. The first-order valence-electron chi connectivity index (χ1n) is 15.1. The Balaban J connectivity index is 6.60. The first-order valence-corrected chi connectivity index (χ1v) is 15.1. The molecule has 0 saturated carbocycles. The molecule has 0 saturated heterocycles. The van der Waals surface area contributed by atoms with Crippen LogP contribution in [-0.2, 0) is 0 Å². The van der Waals surface area contributed by atoms with E-state index >= 15 is 0 Å². The third kappa shape index (κ3) is 7.95. The molecule has 35 heavy (non-hydrogen) atoms. The summed E-state index contributed by atoms with van der Waals surface area (Å²) in [4.78, 5) is 0. The predicted octanol–water partition coefficient (Wildman–Crippen LogP) is 9.91. The van der Waals surface area contributed by atoms with E-state index in [1.54, 1.807) is 0 Å². The molecule has 0 spiro atoms. The maximum atomic E-state index is 11.1. The fourth-order valence-corrected chi connectivity index (χ4v) is 8.13. The van der Waals surface area contributed by atoms with E-state index in [1.165, 1.54) is 6.42 Å². The Kier molecular flexibility index (Phi) is 13.1. The molecule has 0 aromatic rings. The lowest BCUT2D eigenvalue weighted by Gasteiger charge is -2.59. The van der Waals surface area contributed by atoms with Gasteiger partial charge in [-0.05, 0) is 76.4 Å². The number of aliphatic hydroxyl groups is 2. The summed E-state index contributed by atoms with van der Waals surface area (Å²) in [6, 6.07) is 0. The van der Waals surface area contributed by atoms with Crippen LogP contribution in [0.25, 0.3) is 0 Å². The highest BCUT2D eigenvalue weighted by Gasteiger charge is 2.55. The van der Waals surface area contributed by atoms with Crippen molar-refractivity contribution >= 4 is 0 Å². The Morgan fingerprint density at radius 1 is 0.514 bits per heavy atom. The molecule has 0 heterocycles. The van der Waals surface area contributed by atoms with Crippen molar-refractivity contribution in [3.8, 4) is 0 Å². The topological polar surface area (TPSA) is 40.5 Å². The van der Waals surface area contributed by atoms with E-state index in [0.717, 1.165) is 51.4 Å². The van der Waals surface area contributed by atoms with Crippen molar-refractivity contribution in [3.63, 3.8) is 0 Å². The molecule has 0 amide bonds. The van der Waals surface area contributed by atoms with Gasteiger partial charge in [0.25, 0.3) is 0 Å². The average Bonchev–Trinajstić information content (AvgIpc) is 2.79. The van der Waals surface area contributed by atoms with Gasteiger partial charge in [-0.1, -0.05) is 123 Å². The van der Waals surface area contributed by atoms with Gasteiger partial charge in [0.1, 0.15) is 0 Å². The molecule has 212 valence electrons. The van der Waals surface area contributed by atoms with Crippen molar-refractivity contribution in [1.82, 2.24) is 0 Å². The second-order valence-electron chi connectivity index (χ2n) is 15.0. The maximum Gasteiger partial charge on any atom is 0.0469 e. The third-order valence-corrected chi connectivity index (χ3v) is 11.6. The highest BCUT2D eigenvalue weighted by Crippen LogP contribution is 2.62. The molecular formula is C33H68O2. The molecule has 2 N–H and O–H groups in total. The second-order valence-corrected chi connectivity index (χ2v) is 15.0. The summed E-state index contributed by atoms with van der Waals surface area (Å²) in [5, 5.41) is 21.9. The zero-order chi connectivity index (χ0) is 27.9. The Bertz CT molecular complexity index is 600. The van der Waals surface area contributed by atoms with E-state index in [9.17, 15) is 10.2 Å². The van der Waals surface area contributed by atoms with Crippen molar-refractivity contribution < 1.29 is 10.2 Å². The van der Waals surface area contributed by atoms with Gasteiger partial charge in [0, 0.05) is 13.2 Å². The van der Waals surface area contributed by atoms with Crippen molar-refractivity contribution in [2.75, 3.05) is 13.2 Å². The zero-order valence-corrected chi connectivity index (χ0v) is 26.8. The van der Waals surface area contributed by atoms with E-state index in [-0.39, 0.29) is 57.5 Å². The highest BCUT2D eigenvalue weighted by molar-refractivity contribution is 5.04. The van der Waals surface area contributed by atoms with Gasteiger partial charge in [-0.15, -0.1) is 0 Å². The Morgan fingerprint density at radius 3 is 1.26 bits per heavy atom. The van der Waals surface area contributed by atoms with Gasteiger partial charge in [-0.2, -0.15) is 0 Å². The summed E-state index contributed by atoms with van der Waals surface area (Å²) in [6.07, 6.45) is 9.85. The van der Waals surface area contributed by atoms with Gasteiger partial charge in [0.2, 0.25) is 0 Å². The fourth-order valence-electron chi connectivity index (χ4n) is 8.13. The van der Waals surface area contributed by atoms with Crippen LogP contribution in [0.2, 0.25) is 0 Å². The third-order valence-electron chi connectivity index (χ3n) is 11.6. The van der Waals surface area contributed by atoms with Gasteiger partial charge in [0.05, 0.1) is 0 Å². The molecule has 0 radical (unpaired) electrons. The molecule has 0 aliphatic carbocycles. The largest absolute Gasteiger partial charge is 0.396 e. The van der Waals surface area contributed by atoms with Gasteiger partial charge in [0.15, 0.2) is 0 Å². The number of aliphatic hydroxyl groups excluding tert-OH is 2. The van der Waals surface area contributed by atoms with Crippen LogP contribution in [0.1, 0.15) is 155 Å². The monoisotopic (exact) mass is 497 g/mol. The van der Waals surface area contributed by atoms with E-state index < -0.39 is 0 Å². The van der Waals surface area contributed by atoms with E-state index in [4.69, 9.17) is 0 Å². The van der Waals surface area contributed by atoms with Crippen LogP contribution in [0.15, 0.2) is 0 Å². The lowest BCUT2D eigenvalue weighted by Crippen LogP contribution is -2.53. The zero-order valence-electron chi connectivity index (χ0n) is 26.8. The van der Waals surface area contributed by atoms with Crippen molar-refractivity contribution in [3.05, 3.63) is 0 Å². The fraction of sp³-hybridized carbons (Fsp3) is 1.00. The van der Waals surface area contributed by atoms with Crippen LogP contribution >= 0.6 is 0 Å². The molecule has 0 rings (SSSR count). The molecule has 2 heteroatoms. The highest BCUT2D eigenvalue weighted by atomic mass is 16.3. The Hall–Kier alpha value is -0.0800. The standard InChI is InChI=1S/C33H68O2/c1-15-28(7,8)24-30(11,12)33(19-5,20-6)27(23-35)31(13,17-3)21-26(22-34)32(14,18-4)25-29(9,10)16-2/h26-27,34-35H,15-25H2,1-14H3. The van der Waals surface area contributed by atoms with Crippen molar-refractivity contribution in [2.24, 2.45) is 44.3 Å². The molecule has 0 aliphatic heterocycles. The summed E-state index contributed by atoms with van der Waals surface area (Å²) in [6.45, 7) is 33.7. The van der Waals surface area contributed by atoms with Crippen molar-refractivity contribution in [1.29, 1.82) is 0 Å². The van der Waals surface area contributed by atoms with Crippen LogP contribution in [0, 0.1) is 44.3 Å². The molecule has 4 unspecified atom stereocenters. The molecule has 0 aromatic carbocycles. The lowest BCUT2D eigenvalue weighted by atomic mass is 9.46. The number of hydrogen-bond acceptors (Lipinski definition) is 2. The number of rotatable bonds is 18. The molecule has 2 nitrogen and oxygen atoms in total. The minimum Gasteiger partial charge on any atom is -0.396 e. The summed E-state index contributed by atoms with van der Waals surface area (Å²) >= 11 is 0. The lowest BCUT2D eigenvalue weighted by molar-refractivity contribution is -0.121. The molecule has 0 aromatic heterocycles. The van der Waals surface area contributed by atoms with Gasteiger partial charge >= 0.3 is 0 Å². The summed E-state index contributed by atoms with van der Waals surface area (Å²) in [5.74, 6) is 0.436. The quantitative estimate of drug-likeness (QED) is 0.198. The normalized spacial score (nSPS) is 19.2. The van der Waals surface area contributed by atoms with E-state index in [1.807, 2.05) is 0 Å². The van der Waals surface area contributed by atoms with Crippen LogP contribution in [0.5, 0.6) is 0 Å². The summed E-state index contributed by atoms with van der Waals surface area (Å²) in [5.41, 5.74) is 0.751. The minimum absolute atomic E-state index is 0.0332. The van der Waals surface area contributed by atoms with Crippen LogP contribution in [0.3, 0.4) is 0 Å². The van der Waals surface area contributed by atoms with E-state index in [0.29, 0.717) is 0 Å². The van der Waals surface area contributed by atoms with Gasteiger partial charge in [-0.3, -0.25) is 0 Å².